The van der Waals surface area contributed by atoms with E-state index in [1.807, 2.05) is 20.8 Å². The molecule has 0 bridgehead atoms. The Morgan fingerprint density at radius 3 is 1.57 bits per heavy atom. The van der Waals surface area contributed by atoms with Crippen molar-refractivity contribution in [2.75, 3.05) is 19.8 Å². The summed E-state index contributed by atoms with van der Waals surface area (Å²) in [4.78, 5) is 0. The van der Waals surface area contributed by atoms with E-state index in [0.29, 0.717) is 24.9 Å². The molecule has 6 heteroatoms. The van der Waals surface area contributed by atoms with Gasteiger partial charge < -0.3 is 17.7 Å². The predicted octanol–water partition coefficient (Wildman–Crippen LogP) is 1.90. The first-order valence-corrected chi connectivity index (χ1v) is 6.75. The molecule has 0 aliphatic carbocycles. The molecule has 0 saturated heterocycles. The second kappa shape index (κ2) is 7.30. The fraction of sp³-hybridized carbons (Fsp3) is 0.875. The molecule has 0 unspecified atom stereocenters. The molecule has 0 fully saturated rings. The summed E-state index contributed by atoms with van der Waals surface area (Å²) in [6.45, 7) is 8.71. The molecule has 0 spiro atoms. The van der Waals surface area contributed by atoms with E-state index in [1.165, 1.54) is 0 Å². The summed E-state index contributed by atoms with van der Waals surface area (Å²) in [5.74, 6) is 0. The van der Waals surface area contributed by atoms with Gasteiger partial charge in [0, 0.05) is 26.7 Å². The van der Waals surface area contributed by atoms with Crippen LogP contribution in [0.3, 0.4) is 0 Å². The third kappa shape index (κ3) is 5.01. The molecular weight excluding hydrogens is 220 g/mol. The molecule has 0 aliphatic heterocycles. The summed E-state index contributed by atoms with van der Waals surface area (Å²) in [5, 5.41) is 0.381. The first-order valence-electron chi connectivity index (χ1n) is 4.71. The third-order valence-corrected chi connectivity index (χ3v) is 3.95. The Balaban J connectivity index is 4.45. The van der Waals surface area contributed by atoms with Crippen molar-refractivity contribution in [3.05, 3.63) is 0 Å². The zero-order valence-corrected chi connectivity index (χ0v) is 11.0. The first kappa shape index (κ1) is 14.0. The lowest BCUT2D eigenvalue weighted by molar-refractivity contribution is 0.00673. The van der Waals surface area contributed by atoms with E-state index >= 15 is 0 Å². The average molecular weight is 238 g/mol. The Labute approximate surface area is 92.0 Å². The molecule has 0 N–H and O–H groups in total. The van der Waals surface area contributed by atoms with Gasteiger partial charge in [-0.2, -0.15) is 0 Å². The van der Waals surface area contributed by atoms with E-state index in [1.54, 1.807) is 6.92 Å². The standard InChI is InChI=1S/C8H18O4SSi/c1-5-9-14(10-6-2,11-7-3)12-8(4)13/h5-7H2,1-4H3. The average Bonchev–Trinajstić information content (AvgIpc) is 2.03. The fourth-order valence-corrected chi connectivity index (χ4v) is 3.07. The Kier molecular flexibility index (Phi) is 7.29. The number of thiocarbonyl (C=S) groups is 1. The van der Waals surface area contributed by atoms with Crippen molar-refractivity contribution in [2.45, 2.75) is 27.7 Å². The highest BCUT2D eigenvalue weighted by Gasteiger charge is 2.47. The molecule has 0 aromatic heterocycles. The van der Waals surface area contributed by atoms with Crippen LogP contribution in [-0.2, 0) is 17.7 Å². The van der Waals surface area contributed by atoms with Gasteiger partial charge in [-0.3, -0.25) is 0 Å². The zero-order valence-electron chi connectivity index (χ0n) is 9.16. The van der Waals surface area contributed by atoms with E-state index in [4.69, 9.17) is 29.9 Å². The molecule has 14 heavy (non-hydrogen) atoms. The molecule has 0 aliphatic rings. The Morgan fingerprint density at radius 2 is 1.36 bits per heavy atom. The lowest BCUT2D eigenvalue weighted by atomic mass is 10.9. The summed E-state index contributed by atoms with van der Waals surface area (Å²) < 4.78 is 21.6. The van der Waals surface area contributed by atoms with Gasteiger partial charge in [-0.05, 0) is 33.0 Å². The quantitative estimate of drug-likeness (QED) is 0.500. The smallest absolute Gasteiger partial charge is 0.474 e. The maximum Gasteiger partial charge on any atom is 0.750 e. The maximum absolute atomic E-state index is 5.41. The highest BCUT2D eigenvalue weighted by molar-refractivity contribution is 7.80. The van der Waals surface area contributed by atoms with E-state index in [-0.39, 0.29) is 0 Å². The predicted molar refractivity (Wildman–Crippen MR) is 60.0 cm³/mol. The van der Waals surface area contributed by atoms with Gasteiger partial charge in [0.1, 0.15) is 5.05 Å². The second-order valence-electron chi connectivity index (χ2n) is 2.39. The number of hydrogen-bond donors (Lipinski definition) is 0. The van der Waals surface area contributed by atoms with Crippen molar-refractivity contribution < 1.29 is 17.7 Å². The largest absolute Gasteiger partial charge is 0.750 e. The van der Waals surface area contributed by atoms with E-state index < -0.39 is 9.05 Å². The Morgan fingerprint density at radius 1 is 1.00 bits per heavy atom. The number of rotatable bonds is 7. The summed E-state index contributed by atoms with van der Waals surface area (Å²) >= 11 is 4.86. The van der Waals surface area contributed by atoms with Crippen molar-refractivity contribution in [3.8, 4) is 0 Å². The lowest BCUT2D eigenvalue weighted by Gasteiger charge is -2.26. The van der Waals surface area contributed by atoms with Crippen molar-refractivity contribution in [1.29, 1.82) is 0 Å². The van der Waals surface area contributed by atoms with E-state index in [2.05, 4.69) is 0 Å². The summed E-state index contributed by atoms with van der Waals surface area (Å²) in [7, 11) is -3.00. The molecule has 0 aromatic rings. The molecule has 4 nitrogen and oxygen atoms in total. The van der Waals surface area contributed by atoms with Crippen LogP contribution in [0.4, 0.5) is 0 Å². The van der Waals surface area contributed by atoms with Crippen LogP contribution in [0.5, 0.6) is 0 Å². The van der Waals surface area contributed by atoms with Gasteiger partial charge in [0.25, 0.3) is 0 Å². The normalized spacial score (nSPS) is 11.4. The minimum Gasteiger partial charge on any atom is -0.474 e. The van der Waals surface area contributed by atoms with Gasteiger partial charge in [0.15, 0.2) is 0 Å². The highest BCUT2D eigenvalue weighted by atomic mass is 32.1. The highest BCUT2D eigenvalue weighted by Crippen LogP contribution is 2.12. The molecule has 0 heterocycles. The van der Waals surface area contributed by atoms with E-state index in [9.17, 15) is 0 Å². The zero-order chi connectivity index (χ0) is 11.0. The van der Waals surface area contributed by atoms with Crippen LogP contribution in [0.25, 0.3) is 0 Å². The van der Waals surface area contributed by atoms with Crippen LogP contribution in [0.1, 0.15) is 27.7 Å². The van der Waals surface area contributed by atoms with Crippen LogP contribution in [0.2, 0.25) is 0 Å². The fourth-order valence-electron chi connectivity index (χ4n) is 0.920. The minimum atomic E-state index is -3.00. The molecule has 0 radical (unpaired) electrons. The lowest BCUT2D eigenvalue weighted by Crippen LogP contribution is -2.50. The summed E-state index contributed by atoms with van der Waals surface area (Å²) in [6, 6.07) is 0. The van der Waals surface area contributed by atoms with Crippen molar-refractivity contribution in [2.24, 2.45) is 0 Å². The monoisotopic (exact) mass is 238 g/mol. The van der Waals surface area contributed by atoms with Gasteiger partial charge in [-0.1, -0.05) is 0 Å². The molecule has 0 atom stereocenters. The second-order valence-corrected chi connectivity index (χ2v) is 5.04. The van der Waals surface area contributed by atoms with Crippen molar-refractivity contribution in [1.82, 2.24) is 0 Å². The Bertz CT molecular complexity index is 160. The van der Waals surface area contributed by atoms with Gasteiger partial charge in [-0.25, -0.2) is 0 Å². The Hall–Kier alpha value is -0.0131. The van der Waals surface area contributed by atoms with Gasteiger partial charge >= 0.3 is 9.05 Å². The molecule has 0 rings (SSSR count). The summed E-state index contributed by atoms with van der Waals surface area (Å²) in [5.41, 5.74) is 0. The molecular formula is C8H18O4SSi. The topological polar surface area (TPSA) is 36.9 Å². The van der Waals surface area contributed by atoms with E-state index in [0.717, 1.165) is 0 Å². The van der Waals surface area contributed by atoms with Crippen LogP contribution in [-0.4, -0.2) is 33.9 Å². The maximum atomic E-state index is 5.41. The van der Waals surface area contributed by atoms with Crippen molar-refractivity contribution in [3.63, 3.8) is 0 Å². The first-order chi connectivity index (χ1) is 6.60. The summed E-state index contributed by atoms with van der Waals surface area (Å²) in [6.07, 6.45) is 0. The van der Waals surface area contributed by atoms with Crippen LogP contribution in [0.15, 0.2) is 0 Å². The van der Waals surface area contributed by atoms with Gasteiger partial charge in [-0.15, -0.1) is 0 Å². The molecule has 0 saturated carbocycles. The van der Waals surface area contributed by atoms with Gasteiger partial charge in [0.2, 0.25) is 0 Å². The third-order valence-electron chi connectivity index (χ3n) is 1.23. The van der Waals surface area contributed by atoms with Crippen molar-refractivity contribution >= 4 is 26.3 Å². The molecule has 0 aromatic carbocycles. The van der Waals surface area contributed by atoms with Crippen LogP contribution < -0.4 is 0 Å². The molecule has 84 valence electrons. The van der Waals surface area contributed by atoms with Crippen LogP contribution >= 0.6 is 12.2 Å². The molecule has 0 amide bonds. The van der Waals surface area contributed by atoms with Gasteiger partial charge in [0.05, 0.1) is 0 Å². The minimum absolute atomic E-state index is 0.381. The van der Waals surface area contributed by atoms with Crippen LogP contribution in [0, 0.1) is 0 Å². The number of hydrogen-bond acceptors (Lipinski definition) is 5. The SMILES string of the molecule is CCO[Si](OCC)(OCC)OC(C)=S.